The highest BCUT2D eigenvalue weighted by atomic mass is 16.4. The minimum absolute atomic E-state index is 0.246. The minimum Gasteiger partial charge on any atom is -0.480 e. The standard InChI is InChI=1S/C15H17N3O3/c1-9-5-6-18(12(7-9)15(20)21)14(19)11-4-2-3-10-8-16-17-13(10)11/h2-4,8-9,12H,5-7H2,1H3,(H,16,17)(H,20,21). The molecule has 1 aliphatic heterocycles. The number of nitrogens with one attached hydrogen (secondary N) is 1. The van der Waals surface area contributed by atoms with Gasteiger partial charge in [0.25, 0.3) is 5.91 Å². The van der Waals surface area contributed by atoms with Crippen LogP contribution in [0.25, 0.3) is 10.9 Å². The number of carbonyl (C=O) groups excluding carboxylic acids is 1. The number of hydrogen-bond donors (Lipinski definition) is 2. The number of carboxylic acids is 1. The summed E-state index contributed by atoms with van der Waals surface area (Å²) < 4.78 is 0. The zero-order valence-electron chi connectivity index (χ0n) is 11.7. The molecule has 6 heteroatoms. The number of hydrogen-bond acceptors (Lipinski definition) is 3. The van der Waals surface area contributed by atoms with E-state index in [0.29, 0.717) is 30.0 Å². The lowest BCUT2D eigenvalue weighted by atomic mass is 9.91. The molecule has 6 nitrogen and oxygen atoms in total. The van der Waals surface area contributed by atoms with Crippen LogP contribution in [-0.4, -0.2) is 44.7 Å². The maximum atomic E-state index is 12.7. The molecule has 3 rings (SSSR count). The van der Waals surface area contributed by atoms with Crippen molar-refractivity contribution >= 4 is 22.8 Å². The number of piperidine rings is 1. The summed E-state index contributed by atoms with van der Waals surface area (Å²) in [6.07, 6.45) is 2.98. The normalized spacial score (nSPS) is 22.4. The highest BCUT2D eigenvalue weighted by Gasteiger charge is 2.35. The first kappa shape index (κ1) is 13.6. The van der Waals surface area contributed by atoms with Crippen LogP contribution in [0.5, 0.6) is 0 Å². The van der Waals surface area contributed by atoms with Gasteiger partial charge in [-0.3, -0.25) is 9.89 Å². The van der Waals surface area contributed by atoms with Crippen LogP contribution in [0.15, 0.2) is 24.4 Å². The molecule has 2 aromatic rings. The van der Waals surface area contributed by atoms with Crippen molar-refractivity contribution in [1.82, 2.24) is 15.1 Å². The zero-order chi connectivity index (χ0) is 15.0. The van der Waals surface area contributed by atoms with Crippen LogP contribution in [0.2, 0.25) is 0 Å². The molecular formula is C15H17N3O3. The van der Waals surface area contributed by atoms with Crippen LogP contribution in [0.4, 0.5) is 0 Å². The third-order valence-corrected chi connectivity index (χ3v) is 4.12. The summed E-state index contributed by atoms with van der Waals surface area (Å²) in [4.78, 5) is 25.7. The number of para-hydroxylation sites is 1. The zero-order valence-corrected chi connectivity index (χ0v) is 11.7. The Kier molecular flexibility index (Phi) is 3.37. The van der Waals surface area contributed by atoms with Crippen LogP contribution >= 0.6 is 0 Å². The van der Waals surface area contributed by atoms with Crippen LogP contribution in [0, 0.1) is 5.92 Å². The van der Waals surface area contributed by atoms with Gasteiger partial charge in [0.1, 0.15) is 6.04 Å². The van der Waals surface area contributed by atoms with Gasteiger partial charge in [-0.25, -0.2) is 4.79 Å². The topological polar surface area (TPSA) is 86.3 Å². The number of rotatable bonds is 2. The number of aromatic amines is 1. The van der Waals surface area contributed by atoms with Gasteiger partial charge in [0, 0.05) is 11.9 Å². The van der Waals surface area contributed by atoms with Crippen LogP contribution in [-0.2, 0) is 4.79 Å². The van der Waals surface area contributed by atoms with E-state index in [9.17, 15) is 14.7 Å². The molecule has 1 fully saturated rings. The number of carboxylic acid groups (broad SMARTS) is 1. The Balaban J connectivity index is 1.97. The van der Waals surface area contributed by atoms with Crippen LogP contribution in [0.1, 0.15) is 30.1 Å². The summed E-state index contributed by atoms with van der Waals surface area (Å²) in [5.41, 5.74) is 1.14. The second kappa shape index (κ2) is 5.20. The molecule has 2 atom stereocenters. The number of H-pyrrole nitrogens is 1. The molecule has 1 aliphatic rings. The molecule has 0 bridgehead atoms. The molecule has 2 N–H and O–H groups in total. The highest BCUT2D eigenvalue weighted by Crippen LogP contribution is 2.26. The average Bonchev–Trinajstić information content (AvgIpc) is 2.94. The van der Waals surface area contributed by atoms with Gasteiger partial charge >= 0.3 is 5.97 Å². The summed E-state index contributed by atoms with van der Waals surface area (Å²) in [7, 11) is 0. The second-order valence-corrected chi connectivity index (χ2v) is 5.62. The molecule has 21 heavy (non-hydrogen) atoms. The quantitative estimate of drug-likeness (QED) is 0.883. The largest absolute Gasteiger partial charge is 0.480 e. The lowest BCUT2D eigenvalue weighted by molar-refractivity contribution is -0.144. The molecule has 0 saturated carbocycles. The van der Waals surface area contributed by atoms with E-state index in [1.807, 2.05) is 13.0 Å². The van der Waals surface area contributed by atoms with E-state index in [-0.39, 0.29) is 5.91 Å². The Bertz CT molecular complexity index is 694. The number of carbonyl (C=O) groups is 2. The monoisotopic (exact) mass is 287 g/mol. The van der Waals surface area contributed by atoms with Crippen molar-refractivity contribution in [2.45, 2.75) is 25.8 Å². The average molecular weight is 287 g/mol. The van der Waals surface area contributed by atoms with Crippen molar-refractivity contribution in [3.8, 4) is 0 Å². The SMILES string of the molecule is CC1CCN(C(=O)c2cccc3cn[nH]c23)C(C(=O)O)C1. The first-order chi connectivity index (χ1) is 10.1. The van der Waals surface area contributed by atoms with Crippen molar-refractivity contribution in [3.63, 3.8) is 0 Å². The van der Waals surface area contributed by atoms with E-state index >= 15 is 0 Å². The number of aromatic nitrogens is 2. The number of benzene rings is 1. The molecule has 1 aromatic carbocycles. The molecule has 0 aliphatic carbocycles. The molecule has 2 unspecified atom stereocenters. The van der Waals surface area contributed by atoms with Crippen molar-refractivity contribution < 1.29 is 14.7 Å². The van der Waals surface area contributed by atoms with Crippen molar-refractivity contribution in [2.24, 2.45) is 5.92 Å². The lowest BCUT2D eigenvalue weighted by Crippen LogP contribution is -2.49. The Morgan fingerprint density at radius 3 is 3.00 bits per heavy atom. The molecule has 2 heterocycles. The van der Waals surface area contributed by atoms with E-state index in [2.05, 4.69) is 10.2 Å². The number of aliphatic carboxylic acids is 1. The Morgan fingerprint density at radius 1 is 1.43 bits per heavy atom. The molecule has 110 valence electrons. The molecule has 1 saturated heterocycles. The fourth-order valence-corrected chi connectivity index (χ4v) is 2.92. The van der Waals surface area contributed by atoms with Gasteiger partial charge < -0.3 is 10.0 Å². The van der Waals surface area contributed by atoms with E-state index in [0.717, 1.165) is 11.8 Å². The van der Waals surface area contributed by atoms with E-state index in [1.165, 1.54) is 4.90 Å². The van der Waals surface area contributed by atoms with Crippen LogP contribution in [0.3, 0.4) is 0 Å². The second-order valence-electron chi connectivity index (χ2n) is 5.62. The summed E-state index contributed by atoms with van der Waals surface area (Å²) in [6, 6.07) is 4.61. The Labute approximate surface area is 121 Å². The van der Waals surface area contributed by atoms with Gasteiger partial charge in [0.2, 0.25) is 0 Å². The Hall–Kier alpha value is -2.37. The first-order valence-corrected chi connectivity index (χ1v) is 7.04. The number of fused-ring (bicyclic) bond motifs is 1. The minimum atomic E-state index is -0.938. The van der Waals surface area contributed by atoms with Crippen molar-refractivity contribution in [3.05, 3.63) is 30.0 Å². The molecular weight excluding hydrogens is 270 g/mol. The fraction of sp³-hybridized carbons (Fsp3) is 0.400. The molecule has 0 spiro atoms. The third kappa shape index (κ3) is 2.37. The summed E-state index contributed by atoms with van der Waals surface area (Å²) in [5, 5.41) is 17.0. The van der Waals surface area contributed by atoms with E-state index in [4.69, 9.17) is 0 Å². The summed E-state index contributed by atoms with van der Waals surface area (Å²) in [6.45, 7) is 2.49. The van der Waals surface area contributed by atoms with Gasteiger partial charge in [-0.15, -0.1) is 0 Å². The number of likely N-dealkylation sites (tertiary alicyclic amines) is 1. The lowest BCUT2D eigenvalue weighted by Gasteiger charge is -2.36. The van der Waals surface area contributed by atoms with Crippen molar-refractivity contribution in [1.29, 1.82) is 0 Å². The van der Waals surface area contributed by atoms with E-state index in [1.54, 1.807) is 18.3 Å². The van der Waals surface area contributed by atoms with Gasteiger partial charge in [0.05, 0.1) is 17.3 Å². The van der Waals surface area contributed by atoms with Gasteiger partial charge in [-0.1, -0.05) is 19.1 Å². The predicted molar refractivity (Wildman–Crippen MR) is 77.0 cm³/mol. The third-order valence-electron chi connectivity index (χ3n) is 4.12. The van der Waals surface area contributed by atoms with Gasteiger partial charge in [-0.2, -0.15) is 5.10 Å². The predicted octanol–water partition coefficient (Wildman–Crippen LogP) is 1.89. The highest BCUT2D eigenvalue weighted by molar-refractivity contribution is 6.06. The number of amides is 1. The fourth-order valence-electron chi connectivity index (χ4n) is 2.92. The summed E-state index contributed by atoms with van der Waals surface area (Å²) in [5.74, 6) is -0.867. The molecule has 0 radical (unpaired) electrons. The van der Waals surface area contributed by atoms with Gasteiger partial charge in [-0.05, 0) is 24.8 Å². The maximum absolute atomic E-state index is 12.7. The van der Waals surface area contributed by atoms with Crippen molar-refractivity contribution in [2.75, 3.05) is 6.54 Å². The van der Waals surface area contributed by atoms with Crippen LogP contribution < -0.4 is 0 Å². The Morgan fingerprint density at radius 2 is 2.24 bits per heavy atom. The summed E-state index contributed by atoms with van der Waals surface area (Å²) >= 11 is 0. The van der Waals surface area contributed by atoms with E-state index < -0.39 is 12.0 Å². The maximum Gasteiger partial charge on any atom is 0.326 e. The number of nitrogens with zero attached hydrogens (tertiary/aromatic N) is 2. The molecule has 1 aromatic heterocycles. The first-order valence-electron chi connectivity index (χ1n) is 7.04. The smallest absolute Gasteiger partial charge is 0.326 e. The van der Waals surface area contributed by atoms with Gasteiger partial charge in [0.15, 0.2) is 0 Å². The molecule has 1 amide bonds.